The van der Waals surface area contributed by atoms with E-state index >= 15 is 0 Å². The van der Waals surface area contributed by atoms with Gasteiger partial charge in [0.1, 0.15) is 5.75 Å². The van der Waals surface area contributed by atoms with E-state index in [1.807, 2.05) is 31.2 Å². The molecule has 7 nitrogen and oxygen atoms in total. The number of carbonyl (C=O) groups is 4. The molecule has 0 spiro atoms. The SMILES string of the molecule is Cc1ccc(N2CC(C(=O)Oc3ccc(N4C(=O)C5CCC(C)CC5C4=O)cc3)CC2=O)cc1. The van der Waals surface area contributed by atoms with Crippen LogP contribution in [-0.2, 0) is 19.2 Å². The molecule has 1 aliphatic carbocycles. The van der Waals surface area contributed by atoms with E-state index in [1.165, 1.54) is 4.90 Å². The average molecular weight is 461 g/mol. The van der Waals surface area contributed by atoms with Gasteiger partial charge in [0.2, 0.25) is 17.7 Å². The van der Waals surface area contributed by atoms with E-state index in [4.69, 9.17) is 4.74 Å². The van der Waals surface area contributed by atoms with Crippen LogP contribution in [0, 0.1) is 30.6 Å². The van der Waals surface area contributed by atoms with Crippen molar-refractivity contribution in [1.29, 1.82) is 0 Å². The van der Waals surface area contributed by atoms with Crippen LogP contribution in [0.4, 0.5) is 11.4 Å². The Morgan fingerprint density at radius 2 is 1.53 bits per heavy atom. The van der Waals surface area contributed by atoms with Crippen molar-refractivity contribution in [3.63, 3.8) is 0 Å². The molecule has 5 rings (SSSR count). The highest BCUT2D eigenvalue weighted by molar-refractivity contribution is 6.22. The maximum Gasteiger partial charge on any atom is 0.316 e. The molecule has 176 valence electrons. The summed E-state index contributed by atoms with van der Waals surface area (Å²) in [5, 5.41) is 0. The Balaban J connectivity index is 1.24. The van der Waals surface area contributed by atoms with Gasteiger partial charge in [-0.1, -0.05) is 24.6 Å². The topological polar surface area (TPSA) is 84.0 Å². The first-order valence-corrected chi connectivity index (χ1v) is 11.9. The average Bonchev–Trinajstić information content (AvgIpc) is 3.32. The third-order valence-electron chi connectivity index (χ3n) is 7.31. The van der Waals surface area contributed by atoms with E-state index in [1.54, 1.807) is 29.2 Å². The van der Waals surface area contributed by atoms with Gasteiger partial charge in [-0.05, 0) is 68.5 Å². The minimum absolute atomic E-state index is 0.1000. The highest BCUT2D eigenvalue weighted by atomic mass is 16.5. The molecule has 4 atom stereocenters. The van der Waals surface area contributed by atoms with Crippen LogP contribution >= 0.6 is 0 Å². The van der Waals surface area contributed by atoms with Crippen LogP contribution < -0.4 is 14.5 Å². The molecule has 2 heterocycles. The number of ether oxygens (including phenoxy) is 1. The van der Waals surface area contributed by atoms with E-state index in [-0.39, 0.29) is 42.5 Å². The summed E-state index contributed by atoms with van der Waals surface area (Å²) in [5.41, 5.74) is 2.36. The summed E-state index contributed by atoms with van der Waals surface area (Å²) in [6.45, 7) is 4.37. The fourth-order valence-corrected chi connectivity index (χ4v) is 5.35. The molecule has 0 radical (unpaired) electrons. The molecule has 7 heteroatoms. The second-order valence-electron chi connectivity index (χ2n) is 9.80. The zero-order valence-electron chi connectivity index (χ0n) is 19.4. The predicted molar refractivity (Wildman–Crippen MR) is 126 cm³/mol. The summed E-state index contributed by atoms with van der Waals surface area (Å²) in [7, 11) is 0. The molecular formula is C27H28N2O5. The van der Waals surface area contributed by atoms with Gasteiger partial charge in [0.05, 0.1) is 23.4 Å². The predicted octanol–water partition coefficient (Wildman–Crippen LogP) is 3.88. The Morgan fingerprint density at radius 1 is 0.882 bits per heavy atom. The molecule has 0 bridgehead atoms. The number of aryl methyl sites for hydroxylation is 1. The summed E-state index contributed by atoms with van der Waals surface area (Å²) in [4.78, 5) is 53.9. The molecule has 0 N–H and O–H groups in total. The van der Waals surface area contributed by atoms with Crippen molar-refractivity contribution in [1.82, 2.24) is 0 Å². The van der Waals surface area contributed by atoms with Crippen molar-refractivity contribution in [3.05, 3.63) is 54.1 Å². The minimum Gasteiger partial charge on any atom is -0.426 e. The minimum atomic E-state index is -0.555. The monoisotopic (exact) mass is 460 g/mol. The molecule has 0 aromatic heterocycles. The first-order chi connectivity index (χ1) is 16.3. The number of nitrogens with zero attached hydrogens (tertiary/aromatic N) is 2. The van der Waals surface area contributed by atoms with Crippen LogP contribution in [0.5, 0.6) is 5.75 Å². The van der Waals surface area contributed by atoms with Crippen LogP contribution in [0.15, 0.2) is 48.5 Å². The Kier molecular flexibility index (Phi) is 5.71. The second kappa shape index (κ2) is 8.70. The van der Waals surface area contributed by atoms with Gasteiger partial charge >= 0.3 is 5.97 Å². The molecule has 2 saturated heterocycles. The highest BCUT2D eigenvalue weighted by Crippen LogP contribution is 2.42. The van der Waals surface area contributed by atoms with Crippen molar-refractivity contribution >= 4 is 35.1 Å². The van der Waals surface area contributed by atoms with Crippen molar-refractivity contribution in [3.8, 4) is 5.75 Å². The molecule has 3 amide bonds. The summed E-state index contributed by atoms with van der Waals surface area (Å²) >= 11 is 0. The van der Waals surface area contributed by atoms with E-state index in [0.29, 0.717) is 17.4 Å². The highest BCUT2D eigenvalue weighted by Gasteiger charge is 2.50. The Labute approximate surface area is 198 Å². The molecule has 2 aliphatic heterocycles. The number of fused-ring (bicyclic) bond motifs is 1. The van der Waals surface area contributed by atoms with Gasteiger partial charge in [-0.15, -0.1) is 0 Å². The molecular weight excluding hydrogens is 432 g/mol. The fourth-order valence-electron chi connectivity index (χ4n) is 5.35. The van der Waals surface area contributed by atoms with E-state index in [9.17, 15) is 19.2 Å². The van der Waals surface area contributed by atoms with Crippen LogP contribution in [0.3, 0.4) is 0 Å². The van der Waals surface area contributed by atoms with Crippen molar-refractivity contribution < 1.29 is 23.9 Å². The van der Waals surface area contributed by atoms with Gasteiger partial charge in [0.25, 0.3) is 0 Å². The fraction of sp³-hybridized carbons (Fsp3) is 0.407. The van der Waals surface area contributed by atoms with Gasteiger partial charge in [-0.25, -0.2) is 0 Å². The second-order valence-corrected chi connectivity index (χ2v) is 9.80. The number of hydrogen-bond acceptors (Lipinski definition) is 5. The standard InChI is InChI=1S/C27H28N2O5/c1-16-3-6-19(7-4-16)28-15-18(14-24(28)30)27(33)34-21-10-8-20(9-11-21)29-25(31)22-12-5-17(2)13-23(22)26(29)32/h3-4,6-11,17-18,22-23H,5,12-15H2,1-2H3. The van der Waals surface area contributed by atoms with Gasteiger partial charge < -0.3 is 9.64 Å². The van der Waals surface area contributed by atoms with Crippen LogP contribution in [-0.4, -0.2) is 30.2 Å². The molecule has 34 heavy (non-hydrogen) atoms. The summed E-state index contributed by atoms with van der Waals surface area (Å²) < 4.78 is 5.52. The molecule has 1 saturated carbocycles. The molecule has 2 aromatic rings. The van der Waals surface area contributed by atoms with Gasteiger partial charge in [-0.2, -0.15) is 0 Å². The molecule has 3 aliphatic rings. The molecule has 4 unspecified atom stereocenters. The summed E-state index contributed by atoms with van der Waals surface area (Å²) in [5.74, 6) is -1.08. The normalized spacial score (nSPS) is 26.7. The number of rotatable bonds is 4. The number of esters is 1. The Hall–Kier alpha value is -3.48. The quantitative estimate of drug-likeness (QED) is 0.393. The van der Waals surface area contributed by atoms with E-state index in [2.05, 4.69) is 6.92 Å². The van der Waals surface area contributed by atoms with Gasteiger partial charge in [-0.3, -0.25) is 24.1 Å². The lowest BCUT2D eigenvalue weighted by Crippen LogP contribution is -2.30. The number of carbonyl (C=O) groups excluding carboxylic acids is 4. The lowest BCUT2D eigenvalue weighted by Gasteiger charge is -2.25. The zero-order chi connectivity index (χ0) is 24.0. The third-order valence-corrected chi connectivity index (χ3v) is 7.31. The van der Waals surface area contributed by atoms with Crippen LogP contribution in [0.25, 0.3) is 0 Å². The smallest absolute Gasteiger partial charge is 0.316 e. The lowest BCUT2D eigenvalue weighted by molar-refractivity contribution is -0.139. The zero-order valence-corrected chi connectivity index (χ0v) is 19.4. The van der Waals surface area contributed by atoms with Crippen molar-refractivity contribution in [2.75, 3.05) is 16.3 Å². The molecule has 3 fully saturated rings. The van der Waals surface area contributed by atoms with Crippen molar-refractivity contribution in [2.24, 2.45) is 23.7 Å². The largest absolute Gasteiger partial charge is 0.426 e. The number of anilines is 2. The van der Waals surface area contributed by atoms with E-state index in [0.717, 1.165) is 30.5 Å². The number of amides is 3. The Bertz CT molecular complexity index is 1140. The van der Waals surface area contributed by atoms with Crippen LogP contribution in [0.1, 0.15) is 38.2 Å². The summed E-state index contributed by atoms with van der Waals surface area (Å²) in [6, 6.07) is 14.1. The maximum absolute atomic E-state index is 12.9. The van der Waals surface area contributed by atoms with Crippen LogP contribution in [0.2, 0.25) is 0 Å². The lowest BCUT2D eigenvalue weighted by atomic mass is 9.76. The first-order valence-electron chi connectivity index (χ1n) is 11.9. The summed E-state index contributed by atoms with van der Waals surface area (Å²) in [6.07, 6.45) is 2.57. The van der Waals surface area contributed by atoms with E-state index < -0.39 is 11.9 Å². The number of hydrogen-bond donors (Lipinski definition) is 0. The number of imide groups is 1. The van der Waals surface area contributed by atoms with Gasteiger partial charge in [0, 0.05) is 18.7 Å². The van der Waals surface area contributed by atoms with Crippen molar-refractivity contribution in [2.45, 2.75) is 39.5 Å². The first kappa shape index (κ1) is 22.3. The third kappa shape index (κ3) is 4.00. The Morgan fingerprint density at radius 3 is 2.24 bits per heavy atom. The number of benzene rings is 2. The molecule has 2 aromatic carbocycles. The maximum atomic E-state index is 12.9. The van der Waals surface area contributed by atoms with Gasteiger partial charge in [0.15, 0.2) is 0 Å².